The molecule has 0 fully saturated rings. The second kappa shape index (κ2) is 5.51. The molecule has 0 saturated heterocycles. The van der Waals surface area contributed by atoms with Gasteiger partial charge in [0, 0.05) is 12.7 Å². The molecule has 0 aliphatic carbocycles. The minimum atomic E-state index is -0.0384. The van der Waals surface area contributed by atoms with Crippen molar-refractivity contribution < 1.29 is 4.18 Å². The van der Waals surface area contributed by atoms with Crippen molar-refractivity contribution in [3.05, 3.63) is 0 Å². The van der Waals surface area contributed by atoms with E-state index in [-0.39, 0.29) is 5.60 Å². The Balaban J connectivity index is 3.59. The van der Waals surface area contributed by atoms with Crippen LogP contribution in [0.2, 0.25) is 0 Å². The second-order valence-corrected chi connectivity index (χ2v) is 3.44. The molecular weight excluding hydrogens is 156 g/mol. The zero-order chi connectivity index (χ0) is 8.74. The fraction of sp³-hybridized carbons (Fsp3) is 0.778. The Morgan fingerprint density at radius 2 is 2.09 bits per heavy atom. The van der Waals surface area contributed by atoms with E-state index >= 15 is 0 Å². The van der Waals surface area contributed by atoms with Gasteiger partial charge in [-0.15, -0.1) is 11.8 Å². The summed E-state index contributed by atoms with van der Waals surface area (Å²) in [4.78, 5) is 0. The monoisotopic (exact) mass is 172 g/mol. The predicted molar refractivity (Wildman–Crippen MR) is 51.4 cm³/mol. The maximum atomic E-state index is 5.42. The van der Waals surface area contributed by atoms with Crippen LogP contribution in [-0.4, -0.2) is 11.9 Å². The molecule has 0 aromatic rings. The summed E-state index contributed by atoms with van der Waals surface area (Å²) in [5.74, 6) is 5.89. The average molecular weight is 172 g/mol. The number of hydrogen-bond acceptors (Lipinski definition) is 2. The van der Waals surface area contributed by atoms with E-state index in [0.29, 0.717) is 0 Å². The van der Waals surface area contributed by atoms with Crippen LogP contribution >= 0.6 is 12.0 Å². The average Bonchev–Trinajstić information content (AvgIpc) is 1.87. The third-order valence-electron chi connectivity index (χ3n) is 1.34. The smallest absolute Gasteiger partial charge is 0.0782 e. The predicted octanol–water partition coefficient (Wildman–Crippen LogP) is 2.86. The molecule has 0 rings (SSSR count). The van der Waals surface area contributed by atoms with Crippen molar-refractivity contribution >= 4 is 12.0 Å². The maximum absolute atomic E-state index is 5.42. The van der Waals surface area contributed by atoms with E-state index in [2.05, 4.69) is 25.7 Å². The Labute approximate surface area is 74.1 Å². The van der Waals surface area contributed by atoms with E-state index in [1.807, 2.05) is 13.2 Å². The van der Waals surface area contributed by atoms with E-state index < -0.39 is 0 Å². The van der Waals surface area contributed by atoms with Gasteiger partial charge in [0.05, 0.1) is 5.60 Å². The molecule has 0 saturated carbocycles. The number of rotatable bonds is 4. The summed E-state index contributed by atoms with van der Waals surface area (Å²) in [6.45, 7) is 6.03. The molecule has 0 unspecified atom stereocenters. The molecule has 0 spiro atoms. The van der Waals surface area contributed by atoms with Crippen molar-refractivity contribution in [1.82, 2.24) is 0 Å². The lowest BCUT2D eigenvalue weighted by Gasteiger charge is -2.21. The van der Waals surface area contributed by atoms with Gasteiger partial charge in [-0.3, -0.25) is 0 Å². The quantitative estimate of drug-likeness (QED) is 0.476. The van der Waals surface area contributed by atoms with E-state index in [4.69, 9.17) is 4.18 Å². The molecule has 11 heavy (non-hydrogen) atoms. The normalized spacial score (nSPS) is 10.5. The Kier molecular flexibility index (Phi) is 5.45. The van der Waals surface area contributed by atoms with Crippen LogP contribution in [0.15, 0.2) is 0 Å². The van der Waals surface area contributed by atoms with E-state index in [1.165, 1.54) is 12.0 Å². The molecule has 64 valence electrons. The van der Waals surface area contributed by atoms with Crippen molar-refractivity contribution in [1.29, 1.82) is 0 Å². The van der Waals surface area contributed by atoms with Crippen LogP contribution < -0.4 is 0 Å². The summed E-state index contributed by atoms with van der Waals surface area (Å²) in [5, 5.41) is 0. The third kappa shape index (κ3) is 6.28. The van der Waals surface area contributed by atoms with Crippen LogP contribution in [0.5, 0.6) is 0 Å². The molecule has 0 atom stereocenters. The van der Waals surface area contributed by atoms with Gasteiger partial charge in [-0.05, 0) is 39.2 Å². The lowest BCUT2D eigenvalue weighted by molar-refractivity contribution is 0.132. The molecule has 2 heteroatoms. The molecule has 0 heterocycles. The first-order valence-electron chi connectivity index (χ1n) is 3.74. The van der Waals surface area contributed by atoms with Crippen LogP contribution in [0.4, 0.5) is 0 Å². The molecule has 0 aliphatic heterocycles. The first-order chi connectivity index (χ1) is 5.12. The summed E-state index contributed by atoms with van der Waals surface area (Å²) in [6.07, 6.45) is 3.85. The Hall–Kier alpha value is -0.130. The van der Waals surface area contributed by atoms with Crippen LogP contribution in [-0.2, 0) is 4.18 Å². The van der Waals surface area contributed by atoms with Crippen LogP contribution in [0.3, 0.4) is 0 Å². The molecule has 0 N–H and O–H groups in total. The molecule has 0 aliphatic rings. The standard InChI is InChI=1S/C9H16OS/c1-5-6-7-8-9(2,3)10-11-4/h7-8H2,1-4H3. The largest absolute Gasteiger partial charge is 0.310 e. The van der Waals surface area contributed by atoms with Gasteiger partial charge in [0.15, 0.2) is 0 Å². The van der Waals surface area contributed by atoms with Crippen molar-refractivity contribution in [2.24, 2.45) is 0 Å². The first-order valence-corrected chi connectivity index (χ1v) is 4.89. The summed E-state index contributed by atoms with van der Waals surface area (Å²) >= 11 is 1.42. The Morgan fingerprint density at radius 1 is 1.45 bits per heavy atom. The molecular formula is C9H16OS. The maximum Gasteiger partial charge on any atom is 0.0782 e. The molecule has 0 aromatic heterocycles. The second-order valence-electron chi connectivity index (χ2n) is 2.94. The Morgan fingerprint density at radius 3 is 2.55 bits per heavy atom. The van der Waals surface area contributed by atoms with Crippen LogP contribution in [0.25, 0.3) is 0 Å². The highest BCUT2D eigenvalue weighted by atomic mass is 32.2. The van der Waals surface area contributed by atoms with Crippen molar-refractivity contribution in [2.75, 3.05) is 6.26 Å². The highest BCUT2D eigenvalue weighted by molar-refractivity contribution is 7.93. The van der Waals surface area contributed by atoms with Crippen molar-refractivity contribution in [3.63, 3.8) is 0 Å². The lowest BCUT2D eigenvalue weighted by Crippen LogP contribution is -2.20. The zero-order valence-electron chi connectivity index (χ0n) is 7.73. The van der Waals surface area contributed by atoms with Gasteiger partial charge in [0.2, 0.25) is 0 Å². The first kappa shape index (κ1) is 10.9. The minimum Gasteiger partial charge on any atom is -0.310 e. The highest BCUT2D eigenvalue weighted by Gasteiger charge is 2.16. The van der Waals surface area contributed by atoms with Crippen molar-refractivity contribution in [2.45, 2.75) is 39.2 Å². The van der Waals surface area contributed by atoms with Gasteiger partial charge in [-0.25, -0.2) is 0 Å². The molecule has 0 aromatic carbocycles. The van der Waals surface area contributed by atoms with Crippen molar-refractivity contribution in [3.8, 4) is 11.8 Å². The van der Waals surface area contributed by atoms with E-state index in [1.54, 1.807) is 0 Å². The molecule has 0 bridgehead atoms. The Bertz CT molecular complexity index is 153. The van der Waals surface area contributed by atoms with Gasteiger partial charge in [0.25, 0.3) is 0 Å². The van der Waals surface area contributed by atoms with Gasteiger partial charge in [-0.2, -0.15) is 0 Å². The topological polar surface area (TPSA) is 9.23 Å². The van der Waals surface area contributed by atoms with E-state index in [0.717, 1.165) is 12.8 Å². The molecule has 0 amide bonds. The molecule has 1 nitrogen and oxygen atoms in total. The minimum absolute atomic E-state index is 0.0384. The highest BCUT2D eigenvalue weighted by Crippen LogP contribution is 2.20. The number of hydrogen-bond donors (Lipinski definition) is 0. The third-order valence-corrected chi connectivity index (χ3v) is 1.96. The molecule has 0 radical (unpaired) electrons. The van der Waals surface area contributed by atoms with Gasteiger partial charge >= 0.3 is 0 Å². The zero-order valence-corrected chi connectivity index (χ0v) is 8.55. The summed E-state index contributed by atoms with van der Waals surface area (Å²) < 4.78 is 5.42. The summed E-state index contributed by atoms with van der Waals surface area (Å²) in [6, 6.07) is 0. The fourth-order valence-corrected chi connectivity index (χ4v) is 1.29. The fourth-order valence-electron chi connectivity index (χ4n) is 0.756. The SMILES string of the molecule is CC#CCCC(C)(C)OSC. The van der Waals surface area contributed by atoms with Gasteiger partial charge in [0.1, 0.15) is 0 Å². The van der Waals surface area contributed by atoms with Gasteiger partial charge in [-0.1, -0.05) is 0 Å². The van der Waals surface area contributed by atoms with Crippen LogP contribution in [0.1, 0.15) is 33.6 Å². The van der Waals surface area contributed by atoms with Gasteiger partial charge < -0.3 is 4.18 Å². The lowest BCUT2D eigenvalue weighted by atomic mass is 10.0. The van der Waals surface area contributed by atoms with Crippen LogP contribution in [0, 0.1) is 11.8 Å². The van der Waals surface area contributed by atoms with E-state index in [9.17, 15) is 0 Å². The summed E-state index contributed by atoms with van der Waals surface area (Å²) in [5.41, 5.74) is -0.0384. The summed E-state index contributed by atoms with van der Waals surface area (Å²) in [7, 11) is 0.